The molecule has 0 aliphatic carbocycles. The number of hydrogen-bond acceptors (Lipinski definition) is 5. The molecule has 0 unspecified atom stereocenters. The molecule has 2 aliphatic heterocycles. The number of pyridine rings is 1. The maximum Gasteiger partial charge on any atom is 0.490 e. The van der Waals surface area contributed by atoms with E-state index in [9.17, 15) is 22.8 Å². The predicted octanol–water partition coefficient (Wildman–Crippen LogP) is 2.39. The summed E-state index contributed by atoms with van der Waals surface area (Å²) >= 11 is 0. The second-order valence-electron chi connectivity index (χ2n) is 8.50. The van der Waals surface area contributed by atoms with Crippen LogP contribution in [0.2, 0.25) is 0 Å². The second kappa shape index (κ2) is 11.8. The predicted molar refractivity (Wildman–Crippen MR) is 124 cm³/mol. The van der Waals surface area contributed by atoms with E-state index in [4.69, 9.17) is 9.90 Å². The maximum absolute atomic E-state index is 12.9. The first-order valence-corrected chi connectivity index (χ1v) is 11.4. The summed E-state index contributed by atoms with van der Waals surface area (Å²) in [6.07, 6.45) is -0.330. The van der Waals surface area contributed by atoms with E-state index in [0.29, 0.717) is 39.0 Å². The van der Waals surface area contributed by atoms with Gasteiger partial charge in [0.25, 0.3) is 0 Å². The number of aliphatic carboxylic acids is 1. The lowest BCUT2D eigenvalue weighted by Crippen LogP contribution is -2.68. The number of benzene rings is 1. The molecule has 3 N–H and O–H groups in total. The Hall–Kier alpha value is -3.67. The van der Waals surface area contributed by atoms with Crippen molar-refractivity contribution in [2.24, 2.45) is 0 Å². The molecule has 2 aliphatic rings. The third-order valence-electron chi connectivity index (χ3n) is 6.20. The van der Waals surface area contributed by atoms with Gasteiger partial charge in [0.1, 0.15) is 5.54 Å². The summed E-state index contributed by atoms with van der Waals surface area (Å²) in [6, 6.07) is 14.0. The van der Waals surface area contributed by atoms with Gasteiger partial charge in [-0.25, -0.2) is 9.59 Å². The number of piperidine rings is 1. The average Bonchev–Trinajstić information content (AvgIpc) is 2.87. The second-order valence-corrected chi connectivity index (χ2v) is 8.50. The van der Waals surface area contributed by atoms with Crippen LogP contribution < -0.4 is 10.6 Å². The van der Waals surface area contributed by atoms with E-state index >= 15 is 0 Å². The van der Waals surface area contributed by atoms with E-state index in [1.807, 2.05) is 35.2 Å². The Morgan fingerprint density at radius 3 is 2.28 bits per heavy atom. The number of likely N-dealkylation sites (tertiary alicyclic amines) is 1. The molecule has 1 aromatic carbocycles. The van der Waals surface area contributed by atoms with Gasteiger partial charge in [-0.15, -0.1) is 0 Å². The standard InChI is InChI=1S/C22H27N5O2.C2HF3O2/c28-20-22(27(14-11-24-20)17-18-5-2-1-3-6-18)8-12-26(13-9-22)21(29)25-16-19-7-4-10-23-15-19;3-2(4,5)1(6)7/h1-7,10,15H,8-9,11-14,16-17H2,(H,24,28)(H,25,29);(H,6,7). The van der Waals surface area contributed by atoms with E-state index < -0.39 is 17.7 Å². The zero-order chi connectivity index (χ0) is 26.2. The van der Waals surface area contributed by atoms with Crippen molar-refractivity contribution >= 4 is 17.9 Å². The summed E-state index contributed by atoms with van der Waals surface area (Å²) in [5, 5.41) is 13.1. The number of alkyl halides is 3. The third-order valence-corrected chi connectivity index (χ3v) is 6.20. The quantitative estimate of drug-likeness (QED) is 0.586. The lowest BCUT2D eigenvalue weighted by molar-refractivity contribution is -0.192. The Kier molecular flexibility index (Phi) is 8.86. The molecule has 1 spiro atoms. The van der Waals surface area contributed by atoms with Gasteiger partial charge in [0, 0.05) is 51.7 Å². The van der Waals surface area contributed by atoms with E-state index in [0.717, 1.165) is 18.7 Å². The summed E-state index contributed by atoms with van der Waals surface area (Å²) in [6.45, 7) is 3.84. The zero-order valence-corrected chi connectivity index (χ0v) is 19.5. The molecule has 1 aromatic heterocycles. The fraction of sp³-hybridized carbons (Fsp3) is 0.417. The van der Waals surface area contributed by atoms with E-state index in [2.05, 4.69) is 32.7 Å². The number of carboxylic acids is 1. The van der Waals surface area contributed by atoms with Gasteiger partial charge in [-0.2, -0.15) is 13.2 Å². The minimum absolute atomic E-state index is 0.0884. The van der Waals surface area contributed by atoms with Crippen LogP contribution >= 0.6 is 0 Å². The first kappa shape index (κ1) is 26.9. The molecular formula is C24H28F3N5O4. The van der Waals surface area contributed by atoms with Gasteiger partial charge in [-0.05, 0) is 30.0 Å². The number of carbonyl (C=O) groups excluding carboxylic acids is 2. The minimum Gasteiger partial charge on any atom is -0.475 e. The van der Waals surface area contributed by atoms with Crippen molar-refractivity contribution in [3.05, 3.63) is 66.0 Å². The summed E-state index contributed by atoms with van der Waals surface area (Å²) in [5.41, 5.74) is 1.64. The monoisotopic (exact) mass is 507 g/mol. The molecule has 12 heteroatoms. The summed E-state index contributed by atoms with van der Waals surface area (Å²) < 4.78 is 31.7. The summed E-state index contributed by atoms with van der Waals surface area (Å²) in [5.74, 6) is -2.66. The van der Waals surface area contributed by atoms with E-state index in [1.165, 1.54) is 5.56 Å². The van der Waals surface area contributed by atoms with Gasteiger partial charge >= 0.3 is 18.2 Å². The summed E-state index contributed by atoms with van der Waals surface area (Å²) in [7, 11) is 0. The Bertz CT molecular complexity index is 1030. The first-order chi connectivity index (χ1) is 17.1. The molecule has 2 aromatic rings. The molecule has 0 saturated carbocycles. The minimum atomic E-state index is -5.08. The molecule has 4 rings (SSSR count). The van der Waals surface area contributed by atoms with Crippen LogP contribution in [0.25, 0.3) is 0 Å². The van der Waals surface area contributed by atoms with Crippen LogP contribution in [-0.4, -0.2) is 75.7 Å². The molecule has 2 fully saturated rings. The average molecular weight is 508 g/mol. The Morgan fingerprint density at radius 1 is 1.06 bits per heavy atom. The van der Waals surface area contributed by atoms with Crippen molar-refractivity contribution in [1.29, 1.82) is 0 Å². The Balaban J connectivity index is 0.000000454. The van der Waals surface area contributed by atoms with Crippen molar-refractivity contribution in [1.82, 2.24) is 25.4 Å². The lowest BCUT2D eigenvalue weighted by atomic mass is 9.83. The number of urea groups is 1. The fourth-order valence-corrected chi connectivity index (χ4v) is 4.28. The van der Waals surface area contributed by atoms with Gasteiger partial charge in [0.05, 0.1) is 0 Å². The number of aromatic nitrogens is 1. The largest absolute Gasteiger partial charge is 0.490 e. The topological polar surface area (TPSA) is 115 Å². The van der Waals surface area contributed by atoms with Crippen LogP contribution in [0.3, 0.4) is 0 Å². The van der Waals surface area contributed by atoms with E-state index in [1.54, 1.807) is 12.4 Å². The van der Waals surface area contributed by atoms with Crippen LogP contribution in [0.4, 0.5) is 18.0 Å². The van der Waals surface area contributed by atoms with Gasteiger partial charge in [-0.1, -0.05) is 36.4 Å². The third kappa shape index (κ3) is 6.94. The molecule has 3 heterocycles. The molecule has 2 saturated heterocycles. The normalized spacial score (nSPS) is 17.5. The van der Waals surface area contributed by atoms with Crippen LogP contribution in [0.15, 0.2) is 54.9 Å². The number of nitrogens with one attached hydrogen (secondary N) is 2. The van der Waals surface area contributed by atoms with Crippen LogP contribution in [0.5, 0.6) is 0 Å². The van der Waals surface area contributed by atoms with Gasteiger partial charge in [-0.3, -0.25) is 14.7 Å². The van der Waals surface area contributed by atoms with Crippen LogP contribution in [0, 0.1) is 0 Å². The molecule has 0 radical (unpaired) electrons. The van der Waals surface area contributed by atoms with Crippen molar-refractivity contribution in [3.63, 3.8) is 0 Å². The Morgan fingerprint density at radius 2 is 1.69 bits per heavy atom. The number of carboxylic acid groups (broad SMARTS) is 1. The highest BCUT2D eigenvalue weighted by Crippen LogP contribution is 2.32. The molecule has 3 amide bonds. The number of piperazine rings is 1. The SMILES string of the molecule is O=C(NCc1cccnc1)N1CCC2(CC1)C(=O)NCCN2Cc1ccccc1.O=C(O)C(F)(F)F. The van der Waals surface area contributed by atoms with Gasteiger partial charge in [0.15, 0.2) is 0 Å². The summed E-state index contributed by atoms with van der Waals surface area (Å²) in [4.78, 5) is 42.5. The van der Waals surface area contributed by atoms with Crippen LogP contribution in [0.1, 0.15) is 24.0 Å². The van der Waals surface area contributed by atoms with Crippen molar-refractivity contribution in [2.75, 3.05) is 26.2 Å². The van der Waals surface area contributed by atoms with Gasteiger partial charge < -0.3 is 20.6 Å². The number of halogens is 3. The molecule has 0 atom stereocenters. The number of carbonyl (C=O) groups is 3. The van der Waals surface area contributed by atoms with E-state index in [-0.39, 0.29) is 11.9 Å². The molecule has 36 heavy (non-hydrogen) atoms. The van der Waals surface area contributed by atoms with Crippen molar-refractivity contribution in [2.45, 2.75) is 37.6 Å². The number of rotatable bonds is 4. The highest BCUT2D eigenvalue weighted by molar-refractivity contribution is 5.87. The van der Waals surface area contributed by atoms with Crippen molar-refractivity contribution < 1.29 is 32.7 Å². The molecule has 194 valence electrons. The smallest absolute Gasteiger partial charge is 0.475 e. The maximum atomic E-state index is 12.9. The zero-order valence-electron chi connectivity index (χ0n) is 19.5. The lowest BCUT2D eigenvalue weighted by Gasteiger charge is -2.50. The fourth-order valence-electron chi connectivity index (χ4n) is 4.28. The van der Waals surface area contributed by atoms with Crippen LogP contribution in [-0.2, 0) is 22.7 Å². The van der Waals surface area contributed by atoms with Crippen molar-refractivity contribution in [3.8, 4) is 0 Å². The highest BCUT2D eigenvalue weighted by atomic mass is 19.4. The first-order valence-electron chi connectivity index (χ1n) is 11.4. The highest BCUT2D eigenvalue weighted by Gasteiger charge is 2.48. The molecule has 9 nitrogen and oxygen atoms in total. The molecular weight excluding hydrogens is 479 g/mol. The Labute approximate surface area is 206 Å². The number of nitrogens with zero attached hydrogens (tertiary/aromatic N) is 3. The van der Waals surface area contributed by atoms with Gasteiger partial charge in [0.2, 0.25) is 5.91 Å². The molecule has 0 bridgehead atoms. The number of amides is 3. The number of hydrogen-bond donors (Lipinski definition) is 3.